The summed E-state index contributed by atoms with van der Waals surface area (Å²) in [5, 5.41) is 62.7. The molecule has 256 valence electrons. The molecule has 0 bridgehead atoms. The number of benzene rings is 3. The lowest BCUT2D eigenvalue weighted by atomic mass is 9.99. The molecule has 16 nitrogen and oxygen atoms in total. The molecule has 48 heavy (non-hydrogen) atoms. The van der Waals surface area contributed by atoms with Gasteiger partial charge in [0, 0.05) is 6.07 Å². The SMILES string of the molecule is COc1cc(C(=O)OC[C@H]2O[C@@H](Oc3cc4occ(-c5cc(O)c(OC)c(OC)c5)c(=O)c4c(O)c3OC)[C@H](O)[C@@H](O)[C@@H]2O)ccc1O. The number of hydrogen-bond acceptors (Lipinski definition) is 16. The highest BCUT2D eigenvalue weighted by Gasteiger charge is 2.46. The normalized spacial score (nSPS) is 20.6. The number of esters is 1. The van der Waals surface area contributed by atoms with Crippen LogP contribution >= 0.6 is 0 Å². The van der Waals surface area contributed by atoms with Crippen molar-refractivity contribution in [1.82, 2.24) is 0 Å². The molecule has 1 aliphatic rings. The maximum Gasteiger partial charge on any atom is 0.338 e. The number of aliphatic hydroxyl groups excluding tert-OH is 3. The molecule has 0 radical (unpaired) electrons. The number of ether oxygens (including phenoxy) is 7. The van der Waals surface area contributed by atoms with Crippen molar-refractivity contribution in [3.05, 3.63) is 58.4 Å². The first kappa shape index (κ1) is 33.9. The summed E-state index contributed by atoms with van der Waals surface area (Å²) in [7, 11) is 5.14. The van der Waals surface area contributed by atoms with Crippen molar-refractivity contribution in [1.29, 1.82) is 0 Å². The molecule has 0 spiro atoms. The summed E-state index contributed by atoms with van der Waals surface area (Å²) in [5.41, 5.74) is -0.765. The van der Waals surface area contributed by atoms with Gasteiger partial charge in [-0.3, -0.25) is 4.79 Å². The average molecular weight is 673 g/mol. The van der Waals surface area contributed by atoms with E-state index in [9.17, 15) is 40.2 Å². The summed E-state index contributed by atoms with van der Waals surface area (Å²) in [4.78, 5) is 26.2. The third-order valence-corrected chi connectivity index (χ3v) is 7.64. The Balaban J connectivity index is 1.42. The van der Waals surface area contributed by atoms with E-state index in [1.54, 1.807) is 0 Å². The molecule has 1 saturated heterocycles. The zero-order chi connectivity index (χ0) is 34.9. The minimum Gasteiger partial charge on any atom is -0.504 e. The van der Waals surface area contributed by atoms with E-state index in [0.717, 1.165) is 6.26 Å². The van der Waals surface area contributed by atoms with Gasteiger partial charge < -0.3 is 68.2 Å². The average Bonchev–Trinajstić information content (AvgIpc) is 3.07. The van der Waals surface area contributed by atoms with Crippen LogP contribution < -0.4 is 29.1 Å². The number of carbonyl (C=O) groups excluding carboxylic acids is 1. The Labute approximate surface area is 271 Å². The van der Waals surface area contributed by atoms with Crippen LogP contribution in [0.5, 0.6) is 46.0 Å². The van der Waals surface area contributed by atoms with Crippen molar-refractivity contribution in [3.8, 4) is 57.1 Å². The number of hydrogen-bond donors (Lipinski definition) is 6. The Bertz CT molecular complexity index is 1880. The summed E-state index contributed by atoms with van der Waals surface area (Å²) in [6.07, 6.45) is -7.44. The summed E-state index contributed by atoms with van der Waals surface area (Å²) in [6.45, 7) is -0.601. The summed E-state index contributed by atoms with van der Waals surface area (Å²) in [6, 6.07) is 7.59. The molecule has 1 aromatic heterocycles. The molecular formula is C32H32O16. The highest BCUT2D eigenvalue weighted by Crippen LogP contribution is 2.44. The van der Waals surface area contributed by atoms with Crippen LogP contribution in [0.4, 0.5) is 0 Å². The Hall–Kier alpha value is -5.42. The molecule has 4 aromatic rings. The molecule has 16 heteroatoms. The van der Waals surface area contributed by atoms with E-state index in [-0.39, 0.29) is 67.9 Å². The number of phenols is 3. The number of aromatic hydroxyl groups is 3. The van der Waals surface area contributed by atoms with E-state index >= 15 is 0 Å². The Morgan fingerprint density at radius 1 is 0.792 bits per heavy atom. The molecule has 0 aliphatic carbocycles. The lowest BCUT2D eigenvalue weighted by Crippen LogP contribution is -2.60. The first-order valence-corrected chi connectivity index (χ1v) is 14.1. The van der Waals surface area contributed by atoms with Crippen LogP contribution in [0, 0.1) is 0 Å². The van der Waals surface area contributed by atoms with Crippen LogP contribution in [0.1, 0.15) is 10.4 Å². The third-order valence-electron chi connectivity index (χ3n) is 7.64. The van der Waals surface area contributed by atoms with Gasteiger partial charge in [0.05, 0.1) is 39.6 Å². The van der Waals surface area contributed by atoms with Crippen LogP contribution in [0.25, 0.3) is 22.1 Å². The number of fused-ring (bicyclic) bond motifs is 1. The quantitative estimate of drug-likeness (QED) is 0.131. The molecule has 0 amide bonds. The van der Waals surface area contributed by atoms with Crippen LogP contribution in [0.15, 0.2) is 51.9 Å². The van der Waals surface area contributed by atoms with E-state index in [2.05, 4.69) is 0 Å². The van der Waals surface area contributed by atoms with Crippen molar-refractivity contribution in [3.63, 3.8) is 0 Å². The zero-order valence-corrected chi connectivity index (χ0v) is 25.9. The number of rotatable bonds is 10. The maximum atomic E-state index is 13.6. The fraction of sp³-hybridized carbons (Fsp3) is 0.312. The lowest BCUT2D eigenvalue weighted by molar-refractivity contribution is -0.277. The molecule has 6 N–H and O–H groups in total. The molecule has 1 fully saturated rings. The second kappa shape index (κ2) is 13.7. The topological polar surface area (TPSA) is 233 Å². The van der Waals surface area contributed by atoms with E-state index in [0.29, 0.717) is 0 Å². The number of carbonyl (C=O) groups is 1. The van der Waals surface area contributed by atoms with Crippen molar-refractivity contribution >= 4 is 16.9 Å². The predicted octanol–water partition coefficient (Wildman–Crippen LogP) is 1.65. The molecule has 0 saturated carbocycles. The van der Waals surface area contributed by atoms with E-state index in [4.69, 9.17) is 37.6 Å². The molecule has 5 rings (SSSR count). The van der Waals surface area contributed by atoms with Crippen molar-refractivity contribution < 1.29 is 73.0 Å². The Morgan fingerprint density at radius 3 is 2.17 bits per heavy atom. The highest BCUT2D eigenvalue weighted by molar-refractivity contribution is 5.92. The standard InChI is InChI=1S/C32H32O16/c1-41-18-8-13(5-6-16(18)33)31(40)46-12-22-25(36)27(38)28(39)32(48-22)47-21-10-19-23(26(37)30(21)44-4)24(35)15(11-45-19)14-7-17(34)29(43-3)20(9-14)42-2/h5-11,22,25,27-28,32-34,36-39H,12H2,1-4H3/t22-,25-,27+,28-,32-/m1/s1. The number of aliphatic hydroxyl groups is 3. The molecule has 3 aromatic carbocycles. The van der Waals surface area contributed by atoms with Gasteiger partial charge in [-0.1, -0.05) is 0 Å². The first-order valence-electron chi connectivity index (χ1n) is 14.1. The van der Waals surface area contributed by atoms with Gasteiger partial charge in [-0.05, 0) is 35.9 Å². The van der Waals surface area contributed by atoms with E-state index in [1.165, 1.54) is 64.8 Å². The van der Waals surface area contributed by atoms with Gasteiger partial charge in [0.1, 0.15) is 48.3 Å². The van der Waals surface area contributed by atoms with Gasteiger partial charge in [-0.15, -0.1) is 0 Å². The summed E-state index contributed by atoms with van der Waals surface area (Å²) in [5.74, 6) is -2.57. The third kappa shape index (κ3) is 6.16. The lowest BCUT2D eigenvalue weighted by Gasteiger charge is -2.40. The maximum absolute atomic E-state index is 13.6. The van der Waals surface area contributed by atoms with Crippen LogP contribution in [0.2, 0.25) is 0 Å². The minimum absolute atomic E-state index is 0.00675. The van der Waals surface area contributed by atoms with Gasteiger partial charge in [0.25, 0.3) is 0 Å². The molecule has 2 heterocycles. The molecule has 1 aliphatic heterocycles. The monoisotopic (exact) mass is 672 g/mol. The van der Waals surface area contributed by atoms with Gasteiger partial charge in [-0.25, -0.2) is 4.79 Å². The molecule has 5 atom stereocenters. The largest absolute Gasteiger partial charge is 0.504 e. The van der Waals surface area contributed by atoms with Gasteiger partial charge in [-0.2, -0.15) is 0 Å². The molecule has 0 unspecified atom stereocenters. The van der Waals surface area contributed by atoms with Gasteiger partial charge in [0.15, 0.2) is 34.5 Å². The van der Waals surface area contributed by atoms with Crippen LogP contribution in [-0.4, -0.2) is 102 Å². The fourth-order valence-electron chi connectivity index (χ4n) is 5.13. The highest BCUT2D eigenvalue weighted by atomic mass is 16.7. The minimum atomic E-state index is -1.84. The first-order chi connectivity index (χ1) is 22.9. The summed E-state index contributed by atoms with van der Waals surface area (Å²) < 4.78 is 42.9. The second-order valence-electron chi connectivity index (χ2n) is 10.5. The van der Waals surface area contributed by atoms with Crippen LogP contribution in [0.3, 0.4) is 0 Å². The van der Waals surface area contributed by atoms with E-state index < -0.39 is 54.5 Å². The zero-order valence-electron chi connectivity index (χ0n) is 25.9. The van der Waals surface area contributed by atoms with Crippen LogP contribution in [-0.2, 0) is 9.47 Å². The van der Waals surface area contributed by atoms with E-state index in [1.807, 2.05) is 0 Å². The van der Waals surface area contributed by atoms with Crippen molar-refractivity contribution in [2.24, 2.45) is 0 Å². The predicted molar refractivity (Wildman–Crippen MR) is 163 cm³/mol. The number of phenolic OH excluding ortho intramolecular Hbond substituents is 3. The Morgan fingerprint density at radius 2 is 1.50 bits per heavy atom. The van der Waals surface area contributed by atoms with Crippen molar-refractivity contribution in [2.75, 3.05) is 35.0 Å². The fourth-order valence-corrected chi connectivity index (χ4v) is 5.13. The summed E-state index contributed by atoms with van der Waals surface area (Å²) >= 11 is 0. The van der Waals surface area contributed by atoms with Gasteiger partial charge >= 0.3 is 5.97 Å². The van der Waals surface area contributed by atoms with Crippen molar-refractivity contribution in [2.45, 2.75) is 30.7 Å². The Kier molecular flexibility index (Phi) is 9.72. The number of methoxy groups -OCH3 is 4. The second-order valence-corrected chi connectivity index (χ2v) is 10.5. The smallest absolute Gasteiger partial charge is 0.338 e. The van der Waals surface area contributed by atoms with Gasteiger partial charge in [0.2, 0.25) is 23.2 Å². The molecular weight excluding hydrogens is 640 g/mol.